The number of aliphatic carboxylic acids is 1. The number of carboxylic acid groups (broad SMARTS) is 1. The van der Waals surface area contributed by atoms with Crippen molar-refractivity contribution in [3.63, 3.8) is 0 Å². The molecule has 0 aliphatic heterocycles. The summed E-state index contributed by atoms with van der Waals surface area (Å²) in [6, 6.07) is 8.99. The van der Waals surface area contributed by atoms with Crippen LogP contribution in [0.4, 0.5) is 0 Å². The fourth-order valence-corrected chi connectivity index (χ4v) is 1.68. The second-order valence-corrected chi connectivity index (χ2v) is 5.20. The summed E-state index contributed by atoms with van der Waals surface area (Å²) in [6.07, 6.45) is -3.19. The number of hydrogen-bond acceptors (Lipinski definition) is 7. The van der Waals surface area contributed by atoms with Gasteiger partial charge in [0.2, 0.25) is 0 Å². The Bertz CT molecular complexity index is 610. The molecule has 1 N–H and O–H groups in total. The maximum Gasteiger partial charge on any atom is 0.347 e. The van der Waals surface area contributed by atoms with E-state index in [2.05, 4.69) is 0 Å². The van der Waals surface area contributed by atoms with Crippen molar-refractivity contribution in [3.05, 3.63) is 35.9 Å². The SMILES string of the molecule is C[C@H](OC(=O)CCC(=O)O)C(=O)O[C@@H](C)C(=O)OCc1ccccc1. The van der Waals surface area contributed by atoms with E-state index in [-0.39, 0.29) is 13.0 Å². The molecule has 0 aliphatic rings. The third-order valence-electron chi connectivity index (χ3n) is 3.03. The average molecular weight is 352 g/mol. The molecule has 2 atom stereocenters. The molecule has 1 rings (SSSR count). The lowest BCUT2D eigenvalue weighted by atomic mass is 10.2. The van der Waals surface area contributed by atoms with Crippen molar-refractivity contribution < 1.29 is 38.5 Å². The number of hydrogen-bond donors (Lipinski definition) is 1. The van der Waals surface area contributed by atoms with Gasteiger partial charge in [0.1, 0.15) is 6.61 Å². The molecular weight excluding hydrogens is 332 g/mol. The van der Waals surface area contributed by atoms with Crippen LogP contribution in [0.1, 0.15) is 32.3 Å². The lowest BCUT2D eigenvalue weighted by Gasteiger charge is -2.16. The Morgan fingerprint density at radius 2 is 1.52 bits per heavy atom. The molecule has 0 saturated heterocycles. The van der Waals surface area contributed by atoms with Crippen LogP contribution in [-0.2, 0) is 40.0 Å². The van der Waals surface area contributed by atoms with Crippen molar-refractivity contribution >= 4 is 23.9 Å². The summed E-state index contributed by atoms with van der Waals surface area (Å²) < 4.78 is 14.7. The standard InChI is InChI=1S/C17H20O8/c1-11(16(21)23-10-13-6-4-3-5-7-13)25-17(22)12(2)24-15(20)9-8-14(18)19/h3-7,11-12H,8-10H2,1-2H3,(H,18,19)/t11-,12-/m0/s1. The van der Waals surface area contributed by atoms with Crippen LogP contribution in [0.5, 0.6) is 0 Å². The first kappa shape index (κ1) is 20.1. The molecule has 136 valence electrons. The van der Waals surface area contributed by atoms with Crippen LogP contribution in [-0.4, -0.2) is 41.2 Å². The summed E-state index contributed by atoms with van der Waals surface area (Å²) in [5.41, 5.74) is 0.787. The molecule has 8 nitrogen and oxygen atoms in total. The van der Waals surface area contributed by atoms with Gasteiger partial charge >= 0.3 is 23.9 Å². The van der Waals surface area contributed by atoms with E-state index in [1.165, 1.54) is 13.8 Å². The van der Waals surface area contributed by atoms with Gasteiger partial charge in [-0.2, -0.15) is 0 Å². The van der Waals surface area contributed by atoms with Crippen LogP contribution in [0.15, 0.2) is 30.3 Å². The third-order valence-corrected chi connectivity index (χ3v) is 3.03. The van der Waals surface area contributed by atoms with Crippen molar-refractivity contribution in [2.24, 2.45) is 0 Å². The van der Waals surface area contributed by atoms with E-state index in [1.807, 2.05) is 6.07 Å². The molecule has 0 radical (unpaired) electrons. The summed E-state index contributed by atoms with van der Waals surface area (Å²) in [7, 11) is 0. The van der Waals surface area contributed by atoms with Crippen molar-refractivity contribution in [1.29, 1.82) is 0 Å². The molecule has 1 aromatic rings. The van der Waals surface area contributed by atoms with Gasteiger partial charge < -0.3 is 19.3 Å². The second kappa shape index (κ2) is 10.1. The Morgan fingerprint density at radius 3 is 2.12 bits per heavy atom. The average Bonchev–Trinajstić information content (AvgIpc) is 2.58. The molecule has 0 aromatic heterocycles. The van der Waals surface area contributed by atoms with E-state index >= 15 is 0 Å². The van der Waals surface area contributed by atoms with E-state index in [1.54, 1.807) is 24.3 Å². The summed E-state index contributed by atoms with van der Waals surface area (Å²) in [6.45, 7) is 2.65. The molecule has 8 heteroatoms. The summed E-state index contributed by atoms with van der Waals surface area (Å²) in [4.78, 5) is 45.3. The molecule has 0 aliphatic carbocycles. The molecule has 0 fully saturated rings. The van der Waals surface area contributed by atoms with Gasteiger partial charge in [0.15, 0.2) is 12.2 Å². The Labute approximate surface area is 144 Å². The normalized spacial score (nSPS) is 12.6. The predicted molar refractivity (Wildman–Crippen MR) is 84.2 cm³/mol. The van der Waals surface area contributed by atoms with Gasteiger partial charge in [-0.3, -0.25) is 9.59 Å². The molecule has 25 heavy (non-hydrogen) atoms. The van der Waals surface area contributed by atoms with E-state index in [0.717, 1.165) is 5.56 Å². The first-order valence-electron chi connectivity index (χ1n) is 7.62. The third kappa shape index (κ3) is 7.96. The molecule has 0 unspecified atom stereocenters. The number of rotatable bonds is 9. The molecular formula is C17H20O8. The van der Waals surface area contributed by atoms with Gasteiger partial charge in [-0.15, -0.1) is 0 Å². The van der Waals surface area contributed by atoms with Crippen molar-refractivity contribution in [2.75, 3.05) is 0 Å². The first-order valence-corrected chi connectivity index (χ1v) is 7.62. The van der Waals surface area contributed by atoms with Crippen LogP contribution in [0, 0.1) is 0 Å². The molecule has 0 heterocycles. The number of ether oxygens (including phenoxy) is 3. The minimum Gasteiger partial charge on any atom is -0.481 e. The van der Waals surface area contributed by atoms with E-state index < -0.39 is 42.5 Å². The fraction of sp³-hybridized carbons (Fsp3) is 0.412. The smallest absolute Gasteiger partial charge is 0.347 e. The van der Waals surface area contributed by atoms with Crippen LogP contribution >= 0.6 is 0 Å². The molecule has 0 bridgehead atoms. The minimum atomic E-state index is -1.26. The highest BCUT2D eigenvalue weighted by molar-refractivity contribution is 5.83. The monoisotopic (exact) mass is 352 g/mol. The lowest BCUT2D eigenvalue weighted by Crippen LogP contribution is -2.33. The quantitative estimate of drug-likeness (QED) is 0.524. The Morgan fingerprint density at radius 1 is 0.920 bits per heavy atom. The lowest BCUT2D eigenvalue weighted by molar-refractivity contribution is -0.177. The highest BCUT2D eigenvalue weighted by Crippen LogP contribution is 2.06. The van der Waals surface area contributed by atoms with Crippen molar-refractivity contribution in [3.8, 4) is 0 Å². The number of esters is 3. The topological polar surface area (TPSA) is 116 Å². The summed E-state index contributed by atoms with van der Waals surface area (Å²) in [5.74, 6) is -3.65. The van der Waals surface area contributed by atoms with Crippen molar-refractivity contribution in [2.45, 2.75) is 45.5 Å². The van der Waals surface area contributed by atoms with Crippen molar-refractivity contribution in [1.82, 2.24) is 0 Å². The van der Waals surface area contributed by atoms with Crippen LogP contribution in [0.25, 0.3) is 0 Å². The van der Waals surface area contributed by atoms with Gasteiger partial charge in [0.25, 0.3) is 0 Å². The predicted octanol–water partition coefficient (Wildman–Crippen LogP) is 1.46. The number of carboxylic acids is 1. The van der Waals surface area contributed by atoms with Crippen LogP contribution in [0.2, 0.25) is 0 Å². The maximum atomic E-state index is 11.8. The van der Waals surface area contributed by atoms with Gasteiger partial charge in [-0.05, 0) is 19.4 Å². The van der Waals surface area contributed by atoms with E-state index in [4.69, 9.17) is 19.3 Å². The molecule has 0 saturated carbocycles. The molecule has 0 spiro atoms. The zero-order chi connectivity index (χ0) is 18.8. The summed E-state index contributed by atoms with van der Waals surface area (Å²) in [5, 5.41) is 8.47. The number of carbonyl (C=O) groups excluding carboxylic acids is 3. The van der Waals surface area contributed by atoms with Gasteiger partial charge in [0, 0.05) is 0 Å². The maximum absolute atomic E-state index is 11.8. The molecule has 0 amide bonds. The first-order chi connectivity index (χ1) is 11.8. The Kier molecular flexibility index (Phi) is 8.11. The zero-order valence-electron chi connectivity index (χ0n) is 14.0. The van der Waals surface area contributed by atoms with Crippen LogP contribution in [0.3, 0.4) is 0 Å². The minimum absolute atomic E-state index is 0.0429. The van der Waals surface area contributed by atoms with E-state index in [9.17, 15) is 19.2 Å². The Hall–Kier alpha value is -2.90. The zero-order valence-corrected chi connectivity index (χ0v) is 14.0. The largest absolute Gasteiger partial charge is 0.481 e. The van der Waals surface area contributed by atoms with Gasteiger partial charge in [0.05, 0.1) is 12.8 Å². The summed E-state index contributed by atoms with van der Waals surface area (Å²) >= 11 is 0. The van der Waals surface area contributed by atoms with E-state index in [0.29, 0.717) is 0 Å². The number of benzene rings is 1. The highest BCUT2D eigenvalue weighted by atomic mass is 16.6. The second-order valence-electron chi connectivity index (χ2n) is 5.20. The fourth-order valence-electron chi connectivity index (χ4n) is 1.68. The highest BCUT2D eigenvalue weighted by Gasteiger charge is 2.25. The molecule has 1 aromatic carbocycles. The van der Waals surface area contributed by atoms with Gasteiger partial charge in [-0.1, -0.05) is 30.3 Å². The van der Waals surface area contributed by atoms with Gasteiger partial charge in [-0.25, -0.2) is 9.59 Å². The van der Waals surface area contributed by atoms with Crippen LogP contribution < -0.4 is 0 Å². The Balaban J connectivity index is 2.37. The number of carbonyl (C=O) groups is 4.